The molecule has 3 aliphatic heterocycles. The number of halogens is 2. The first-order valence-corrected chi connectivity index (χ1v) is 10.4. The van der Waals surface area contributed by atoms with Crippen LogP contribution in [0.1, 0.15) is 24.4 Å². The van der Waals surface area contributed by atoms with Gasteiger partial charge in [0.05, 0.1) is 12.3 Å². The molecule has 5 rings (SSSR count). The van der Waals surface area contributed by atoms with E-state index in [-0.39, 0.29) is 6.04 Å². The summed E-state index contributed by atoms with van der Waals surface area (Å²) in [6.07, 6.45) is 4.87. The topological polar surface area (TPSA) is 71.7 Å². The number of anilines is 1. The minimum atomic E-state index is -1.11. The third kappa shape index (κ3) is 3.49. The number of likely N-dealkylation sites (tertiary alicyclic amines) is 1. The van der Waals surface area contributed by atoms with Crippen LogP contribution in [-0.2, 0) is 0 Å². The van der Waals surface area contributed by atoms with E-state index in [2.05, 4.69) is 5.10 Å². The van der Waals surface area contributed by atoms with Gasteiger partial charge in [0, 0.05) is 24.0 Å². The van der Waals surface area contributed by atoms with Crippen molar-refractivity contribution in [2.45, 2.75) is 31.1 Å². The lowest BCUT2D eigenvalue weighted by Crippen LogP contribution is -2.49. The molecule has 0 radical (unpaired) electrons. The molecule has 9 heteroatoms. The van der Waals surface area contributed by atoms with Crippen LogP contribution < -0.4 is 4.90 Å². The predicted octanol–water partition coefficient (Wildman–Crippen LogP) is 4.21. The summed E-state index contributed by atoms with van der Waals surface area (Å²) >= 11 is 0. The molecule has 1 saturated heterocycles. The van der Waals surface area contributed by atoms with Crippen LogP contribution in [0.5, 0.6) is 0 Å². The molecule has 0 spiro atoms. The molecule has 0 aromatic heterocycles. The van der Waals surface area contributed by atoms with Gasteiger partial charge in [-0.2, -0.15) is 5.10 Å². The van der Waals surface area contributed by atoms with Crippen LogP contribution >= 0.6 is 0 Å². The zero-order valence-corrected chi connectivity index (χ0v) is 17.1. The summed E-state index contributed by atoms with van der Waals surface area (Å²) in [6, 6.07) is 11.3. The highest BCUT2D eigenvalue weighted by Crippen LogP contribution is 2.36. The van der Waals surface area contributed by atoms with Crippen molar-refractivity contribution in [3.63, 3.8) is 0 Å². The van der Waals surface area contributed by atoms with Crippen molar-refractivity contribution in [2.24, 2.45) is 10.1 Å². The number of hydrogen-bond acceptors (Lipinski definition) is 5. The number of amides is 1. The third-order valence-corrected chi connectivity index (χ3v) is 5.97. The average Bonchev–Trinajstić information content (AvgIpc) is 3.43. The normalized spacial score (nSPS) is 23.9. The van der Waals surface area contributed by atoms with Gasteiger partial charge in [-0.05, 0) is 49.2 Å². The number of hydrogen-bond donors (Lipinski definition) is 1. The van der Waals surface area contributed by atoms with Gasteiger partial charge in [0.1, 0.15) is 23.5 Å². The molecular weight excluding hydrogens is 416 g/mol. The summed E-state index contributed by atoms with van der Waals surface area (Å²) in [7, 11) is 0. The molecule has 3 heterocycles. The second kappa shape index (κ2) is 8.07. The third-order valence-electron chi connectivity index (χ3n) is 5.97. The maximum absolute atomic E-state index is 14.5. The van der Waals surface area contributed by atoms with E-state index < -0.39 is 29.9 Å². The summed E-state index contributed by atoms with van der Waals surface area (Å²) in [5.41, 5.74) is 0.821. The van der Waals surface area contributed by atoms with E-state index in [0.29, 0.717) is 30.1 Å². The SMILES string of the molecule is O=C(O)N(c1ccccc1)C1C=NN2C=CC(N3CCC[C@@H]3c3cc(F)ccc3F)=NC12. The average molecular weight is 437 g/mol. The summed E-state index contributed by atoms with van der Waals surface area (Å²) in [5.74, 6) is -0.329. The van der Waals surface area contributed by atoms with Crippen molar-refractivity contribution in [1.82, 2.24) is 9.91 Å². The molecule has 1 amide bonds. The lowest BCUT2D eigenvalue weighted by Gasteiger charge is -2.34. The Morgan fingerprint density at radius 1 is 1.16 bits per heavy atom. The summed E-state index contributed by atoms with van der Waals surface area (Å²) in [4.78, 5) is 20.1. The van der Waals surface area contributed by atoms with Gasteiger partial charge in [-0.25, -0.2) is 23.6 Å². The Morgan fingerprint density at radius 3 is 2.75 bits per heavy atom. The summed E-state index contributed by atoms with van der Waals surface area (Å²) in [6.45, 7) is 0.642. The van der Waals surface area contributed by atoms with Gasteiger partial charge >= 0.3 is 6.09 Å². The van der Waals surface area contributed by atoms with Gasteiger partial charge in [0.25, 0.3) is 0 Å². The second-order valence-corrected chi connectivity index (χ2v) is 7.86. The Morgan fingerprint density at radius 2 is 1.97 bits per heavy atom. The van der Waals surface area contributed by atoms with Gasteiger partial charge in [0.15, 0.2) is 6.17 Å². The number of fused-ring (bicyclic) bond motifs is 1. The highest BCUT2D eigenvalue weighted by molar-refractivity contribution is 5.96. The van der Waals surface area contributed by atoms with Crippen LogP contribution in [0.4, 0.5) is 19.3 Å². The highest BCUT2D eigenvalue weighted by Gasteiger charge is 2.40. The fraction of sp³-hybridized carbons (Fsp3) is 0.261. The Bertz CT molecular complexity index is 1120. The van der Waals surface area contributed by atoms with Crippen LogP contribution in [0.3, 0.4) is 0 Å². The molecule has 7 nitrogen and oxygen atoms in total. The first-order valence-electron chi connectivity index (χ1n) is 10.4. The maximum atomic E-state index is 14.5. The largest absolute Gasteiger partial charge is 0.465 e. The summed E-state index contributed by atoms with van der Waals surface area (Å²) in [5, 5.41) is 15.8. The lowest BCUT2D eigenvalue weighted by atomic mass is 10.0. The molecule has 2 aromatic carbocycles. The molecule has 1 fully saturated rings. The molecule has 0 bridgehead atoms. The molecule has 1 N–H and O–H groups in total. The zero-order chi connectivity index (χ0) is 22.2. The molecule has 3 atom stereocenters. The molecule has 0 aliphatic carbocycles. The maximum Gasteiger partial charge on any atom is 0.412 e. The van der Waals surface area contributed by atoms with Crippen LogP contribution in [0.15, 0.2) is 70.9 Å². The van der Waals surface area contributed by atoms with E-state index in [4.69, 9.17) is 4.99 Å². The second-order valence-electron chi connectivity index (χ2n) is 7.86. The van der Waals surface area contributed by atoms with Gasteiger partial charge < -0.3 is 10.0 Å². The van der Waals surface area contributed by atoms with Gasteiger partial charge in [0.2, 0.25) is 0 Å². The van der Waals surface area contributed by atoms with Crippen molar-refractivity contribution in [3.05, 3.63) is 78.0 Å². The number of carboxylic acid groups (broad SMARTS) is 1. The van der Waals surface area contributed by atoms with Crippen molar-refractivity contribution in [1.29, 1.82) is 0 Å². The Labute approximate surface area is 183 Å². The smallest absolute Gasteiger partial charge is 0.412 e. The first-order chi connectivity index (χ1) is 15.5. The van der Waals surface area contributed by atoms with Crippen LogP contribution in [0.25, 0.3) is 0 Å². The van der Waals surface area contributed by atoms with Crippen LogP contribution in [0, 0.1) is 11.6 Å². The number of rotatable bonds is 3. The van der Waals surface area contributed by atoms with Crippen LogP contribution in [-0.4, -0.2) is 51.9 Å². The van der Waals surface area contributed by atoms with Crippen molar-refractivity contribution in [2.75, 3.05) is 11.4 Å². The zero-order valence-electron chi connectivity index (χ0n) is 17.1. The predicted molar refractivity (Wildman–Crippen MR) is 116 cm³/mol. The number of benzene rings is 2. The van der Waals surface area contributed by atoms with Crippen molar-refractivity contribution < 1.29 is 18.7 Å². The lowest BCUT2D eigenvalue weighted by molar-refractivity contribution is 0.197. The van der Waals surface area contributed by atoms with Gasteiger partial charge in [-0.1, -0.05) is 18.2 Å². The number of amidine groups is 1. The van der Waals surface area contributed by atoms with Gasteiger partial charge in [-0.3, -0.25) is 4.90 Å². The molecule has 164 valence electrons. The Balaban J connectivity index is 1.46. The van der Waals surface area contributed by atoms with E-state index in [0.717, 1.165) is 18.6 Å². The molecule has 2 aromatic rings. The molecule has 0 saturated carbocycles. The number of hydrazone groups is 1. The van der Waals surface area contributed by atoms with E-state index >= 15 is 0 Å². The Kier molecular flexibility index (Phi) is 5.08. The van der Waals surface area contributed by atoms with Crippen molar-refractivity contribution >= 4 is 23.8 Å². The van der Waals surface area contributed by atoms with E-state index in [1.807, 2.05) is 11.0 Å². The minimum absolute atomic E-state index is 0.302. The number of para-hydroxylation sites is 1. The molecule has 32 heavy (non-hydrogen) atoms. The standard InChI is InChI=1S/C23H21F2N5O2/c24-15-8-9-18(25)17(13-15)19-7-4-11-28(19)21-10-12-29-22(27-21)20(14-26-29)30(23(31)32)16-5-2-1-3-6-16/h1-3,5-6,8-10,12-14,19-20,22H,4,7,11H2,(H,31,32)/t19-,20?,22?/m1/s1. The number of nitrogens with zero attached hydrogens (tertiary/aromatic N) is 5. The molecular formula is C23H21F2N5O2. The first kappa shape index (κ1) is 20.2. The van der Waals surface area contributed by atoms with E-state index in [9.17, 15) is 18.7 Å². The van der Waals surface area contributed by atoms with E-state index in [1.54, 1.807) is 47.8 Å². The van der Waals surface area contributed by atoms with Crippen LogP contribution in [0.2, 0.25) is 0 Å². The molecule has 3 aliphatic rings. The highest BCUT2D eigenvalue weighted by atomic mass is 19.1. The van der Waals surface area contributed by atoms with E-state index in [1.165, 1.54) is 11.0 Å². The van der Waals surface area contributed by atoms with Crippen molar-refractivity contribution in [3.8, 4) is 0 Å². The number of aliphatic imine (C=N–C) groups is 1. The van der Waals surface area contributed by atoms with Gasteiger partial charge in [-0.15, -0.1) is 0 Å². The monoisotopic (exact) mass is 437 g/mol. The summed E-state index contributed by atoms with van der Waals surface area (Å²) < 4.78 is 28.3. The molecule has 2 unspecified atom stereocenters. The Hall–Kier alpha value is -3.75. The fourth-order valence-electron chi connectivity index (χ4n) is 4.53. The number of carbonyl (C=O) groups is 1. The quantitative estimate of drug-likeness (QED) is 0.781. The minimum Gasteiger partial charge on any atom is -0.465 e. The fourth-order valence-corrected chi connectivity index (χ4v) is 4.53.